The lowest BCUT2D eigenvalue weighted by molar-refractivity contribution is 0.356. The topological polar surface area (TPSA) is 68.7 Å². The molecule has 0 atom stereocenters. The van der Waals surface area contributed by atoms with Gasteiger partial charge in [-0.1, -0.05) is 17.7 Å². The van der Waals surface area contributed by atoms with Crippen molar-refractivity contribution >= 4 is 10.9 Å². The molecule has 1 aromatic heterocycles. The maximum atomic E-state index is 11.9. The number of fused-ring (bicyclic) bond motifs is 1. The van der Waals surface area contributed by atoms with Gasteiger partial charge in [-0.05, 0) is 31.2 Å². The van der Waals surface area contributed by atoms with Crippen molar-refractivity contribution < 1.29 is 14.6 Å². The first-order valence-electron chi connectivity index (χ1n) is 7.40. The Morgan fingerprint density at radius 1 is 0.958 bits per heavy atom. The molecular formula is C19H17NO4. The van der Waals surface area contributed by atoms with Gasteiger partial charge in [0, 0.05) is 17.0 Å². The summed E-state index contributed by atoms with van der Waals surface area (Å²) >= 11 is 0. The second-order valence-electron chi connectivity index (χ2n) is 5.44. The van der Waals surface area contributed by atoms with Crippen LogP contribution in [0, 0.1) is 6.92 Å². The number of hydrogen-bond donors (Lipinski definition) is 1. The molecule has 0 bridgehead atoms. The Morgan fingerprint density at radius 2 is 1.67 bits per heavy atom. The normalized spacial score (nSPS) is 10.6. The molecule has 5 nitrogen and oxygen atoms in total. The number of aromatic hydroxyl groups is 1. The Balaban J connectivity index is 2.26. The van der Waals surface area contributed by atoms with E-state index in [9.17, 15) is 9.90 Å². The smallest absolute Gasteiger partial charge is 0.220 e. The summed E-state index contributed by atoms with van der Waals surface area (Å²) < 4.78 is 10.6. The van der Waals surface area contributed by atoms with Gasteiger partial charge in [0.15, 0.2) is 17.2 Å². The summed E-state index contributed by atoms with van der Waals surface area (Å²) in [6, 6.07) is 12.0. The minimum absolute atomic E-state index is 0.310. The fourth-order valence-corrected chi connectivity index (χ4v) is 2.56. The fourth-order valence-electron chi connectivity index (χ4n) is 2.56. The molecule has 3 rings (SSSR count). The standard InChI is InChI=1S/C19H17NO4/c1-11-4-7-16(21)19(22)13(8-11)14-6-5-12-9-17(23-2)18(24-3)10-15(12)20-14/h4-10H,1-3H3,(H,21,22). The van der Waals surface area contributed by atoms with Crippen molar-refractivity contribution in [2.45, 2.75) is 6.92 Å². The SMILES string of the molecule is COc1cc2ccc(-c3cc(C)ccc(=O)c3O)nc2cc1OC. The molecule has 0 amide bonds. The van der Waals surface area contributed by atoms with E-state index in [4.69, 9.17) is 9.47 Å². The molecule has 24 heavy (non-hydrogen) atoms. The van der Waals surface area contributed by atoms with Crippen LogP contribution in [0.1, 0.15) is 5.56 Å². The summed E-state index contributed by atoms with van der Waals surface area (Å²) in [5.41, 5.74) is 2.02. The lowest BCUT2D eigenvalue weighted by Gasteiger charge is -2.10. The quantitative estimate of drug-likeness (QED) is 0.801. The Bertz CT molecular complexity index is 983. The van der Waals surface area contributed by atoms with Crippen LogP contribution >= 0.6 is 0 Å². The highest BCUT2D eigenvalue weighted by Crippen LogP contribution is 2.33. The molecular weight excluding hydrogens is 306 g/mol. The molecule has 0 fully saturated rings. The average molecular weight is 323 g/mol. The lowest BCUT2D eigenvalue weighted by atomic mass is 10.1. The van der Waals surface area contributed by atoms with Gasteiger partial charge in [-0.3, -0.25) is 4.79 Å². The number of methoxy groups -OCH3 is 2. The Hall–Kier alpha value is -3.08. The molecule has 0 aliphatic carbocycles. The van der Waals surface area contributed by atoms with Gasteiger partial charge in [0.2, 0.25) is 5.43 Å². The largest absolute Gasteiger partial charge is 0.504 e. The van der Waals surface area contributed by atoms with Crippen molar-refractivity contribution in [1.29, 1.82) is 0 Å². The van der Waals surface area contributed by atoms with Crippen LogP contribution in [-0.2, 0) is 0 Å². The molecule has 1 heterocycles. The summed E-state index contributed by atoms with van der Waals surface area (Å²) in [4.78, 5) is 16.5. The van der Waals surface area contributed by atoms with Crippen molar-refractivity contribution in [1.82, 2.24) is 4.98 Å². The van der Waals surface area contributed by atoms with Crippen molar-refractivity contribution in [3.8, 4) is 28.5 Å². The van der Waals surface area contributed by atoms with E-state index in [0.29, 0.717) is 28.3 Å². The lowest BCUT2D eigenvalue weighted by Crippen LogP contribution is -1.96. The monoisotopic (exact) mass is 323 g/mol. The minimum Gasteiger partial charge on any atom is -0.504 e. The summed E-state index contributed by atoms with van der Waals surface area (Å²) in [7, 11) is 3.13. The zero-order valence-corrected chi connectivity index (χ0v) is 13.7. The van der Waals surface area contributed by atoms with E-state index < -0.39 is 5.43 Å². The molecule has 0 saturated heterocycles. The molecule has 0 spiro atoms. The third kappa shape index (κ3) is 2.76. The van der Waals surface area contributed by atoms with Crippen LogP contribution in [-0.4, -0.2) is 24.3 Å². The number of ether oxygens (including phenoxy) is 2. The van der Waals surface area contributed by atoms with Crippen LogP contribution in [0.25, 0.3) is 22.2 Å². The van der Waals surface area contributed by atoms with Gasteiger partial charge in [0.1, 0.15) is 0 Å². The molecule has 0 unspecified atom stereocenters. The van der Waals surface area contributed by atoms with Gasteiger partial charge < -0.3 is 14.6 Å². The molecule has 0 aliphatic heterocycles. The van der Waals surface area contributed by atoms with Crippen molar-refractivity contribution in [2.24, 2.45) is 0 Å². The second kappa shape index (κ2) is 6.20. The third-order valence-electron chi connectivity index (χ3n) is 3.83. The molecule has 2 aromatic carbocycles. The van der Waals surface area contributed by atoms with Crippen molar-refractivity contribution in [3.05, 3.63) is 58.3 Å². The van der Waals surface area contributed by atoms with Crippen LogP contribution < -0.4 is 14.9 Å². The van der Waals surface area contributed by atoms with Crippen LogP contribution in [0.3, 0.4) is 0 Å². The van der Waals surface area contributed by atoms with Crippen LogP contribution in [0.2, 0.25) is 0 Å². The molecule has 1 N–H and O–H groups in total. The van der Waals surface area contributed by atoms with E-state index >= 15 is 0 Å². The van der Waals surface area contributed by atoms with E-state index in [1.165, 1.54) is 6.07 Å². The maximum absolute atomic E-state index is 11.9. The number of rotatable bonds is 3. The Morgan fingerprint density at radius 3 is 2.38 bits per heavy atom. The van der Waals surface area contributed by atoms with Crippen LogP contribution in [0.5, 0.6) is 17.2 Å². The third-order valence-corrected chi connectivity index (χ3v) is 3.83. The van der Waals surface area contributed by atoms with Crippen LogP contribution in [0.4, 0.5) is 0 Å². The number of aromatic nitrogens is 1. The van der Waals surface area contributed by atoms with Gasteiger partial charge in [-0.25, -0.2) is 4.98 Å². The van der Waals surface area contributed by atoms with E-state index in [-0.39, 0.29) is 5.75 Å². The van der Waals surface area contributed by atoms with Crippen LogP contribution in [0.15, 0.2) is 47.3 Å². The molecule has 5 heteroatoms. The number of nitrogens with zero attached hydrogens (tertiary/aromatic N) is 1. The number of pyridine rings is 1. The average Bonchev–Trinajstić information content (AvgIpc) is 2.73. The molecule has 0 aliphatic rings. The zero-order valence-electron chi connectivity index (χ0n) is 13.7. The number of benzene rings is 1. The number of hydrogen-bond acceptors (Lipinski definition) is 5. The van der Waals surface area contributed by atoms with E-state index in [0.717, 1.165) is 10.9 Å². The van der Waals surface area contributed by atoms with Crippen molar-refractivity contribution in [2.75, 3.05) is 14.2 Å². The van der Waals surface area contributed by atoms with E-state index in [1.807, 2.05) is 19.1 Å². The van der Waals surface area contributed by atoms with Crippen molar-refractivity contribution in [3.63, 3.8) is 0 Å². The molecule has 0 radical (unpaired) electrons. The Labute approximate surface area is 139 Å². The van der Waals surface area contributed by atoms with E-state index in [1.54, 1.807) is 38.5 Å². The molecule has 122 valence electrons. The van der Waals surface area contributed by atoms with Gasteiger partial charge in [0.05, 0.1) is 25.4 Å². The van der Waals surface area contributed by atoms with Gasteiger partial charge in [0.25, 0.3) is 0 Å². The number of aryl methyl sites for hydroxylation is 1. The highest BCUT2D eigenvalue weighted by molar-refractivity contribution is 5.85. The summed E-state index contributed by atoms with van der Waals surface area (Å²) in [5, 5.41) is 11.1. The predicted octanol–water partition coefficient (Wildman–Crippen LogP) is 3.29. The summed E-state index contributed by atoms with van der Waals surface area (Å²) in [6.45, 7) is 1.86. The fraction of sp³-hybridized carbons (Fsp3) is 0.158. The minimum atomic E-state index is -0.438. The van der Waals surface area contributed by atoms with E-state index in [2.05, 4.69) is 4.98 Å². The summed E-state index contributed by atoms with van der Waals surface area (Å²) in [5.74, 6) is 0.875. The molecule has 0 saturated carbocycles. The summed E-state index contributed by atoms with van der Waals surface area (Å²) in [6.07, 6.45) is 0. The van der Waals surface area contributed by atoms with Gasteiger partial charge in [-0.15, -0.1) is 0 Å². The first kappa shape index (κ1) is 15.8. The Kier molecular flexibility index (Phi) is 4.08. The maximum Gasteiger partial charge on any atom is 0.220 e. The zero-order chi connectivity index (χ0) is 17.3. The van der Waals surface area contributed by atoms with Gasteiger partial charge >= 0.3 is 0 Å². The first-order valence-corrected chi connectivity index (χ1v) is 7.40. The second-order valence-corrected chi connectivity index (χ2v) is 5.44. The highest BCUT2D eigenvalue weighted by Gasteiger charge is 2.11. The highest BCUT2D eigenvalue weighted by atomic mass is 16.5. The van der Waals surface area contributed by atoms with Gasteiger partial charge in [-0.2, -0.15) is 0 Å². The predicted molar refractivity (Wildman–Crippen MR) is 93.0 cm³/mol. The first-order chi connectivity index (χ1) is 11.5. The molecule has 3 aromatic rings.